The number of carbonyl (C=O) groups excluding carboxylic acids is 1. The summed E-state index contributed by atoms with van der Waals surface area (Å²) >= 11 is 5.94. The van der Waals surface area contributed by atoms with E-state index < -0.39 is 36.3 Å². The zero-order chi connectivity index (χ0) is 28.5. The maximum atomic E-state index is 13.4. The SMILES string of the molecule is Cc1nc(C(F)(F)F)nc(N2C[C@H](NC3CCN(Cc4ccc(Cl)cc4)CC3)[C@@H](OC(=O)C(F)(F)F)C2)c1C. The molecule has 0 aliphatic carbocycles. The van der Waals surface area contributed by atoms with E-state index in [4.69, 9.17) is 16.3 Å². The third kappa shape index (κ3) is 7.31. The van der Waals surface area contributed by atoms with Crippen LogP contribution in [0.2, 0.25) is 5.02 Å². The van der Waals surface area contributed by atoms with Crippen molar-refractivity contribution in [2.24, 2.45) is 0 Å². The van der Waals surface area contributed by atoms with Gasteiger partial charge in [0.15, 0.2) is 0 Å². The molecular formula is C25H28ClF6N5O2. The van der Waals surface area contributed by atoms with Gasteiger partial charge in [-0.1, -0.05) is 23.7 Å². The molecule has 2 atom stereocenters. The number of hydrogen-bond donors (Lipinski definition) is 1. The summed E-state index contributed by atoms with van der Waals surface area (Å²) in [4.78, 5) is 22.5. The van der Waals surface area contributed by atoms with Gasteiger partial charge in [0.1, 0.15) is 11.9 Å². The molecule has 7 nitrogen and oxygen atoms in total. The van der Waals surface area contributed by atoms with Gasteiger partial charge in [0.25, 0.3) is 0 Å². The number of halogens is 7. The van der Waals surface area contributed by atoms with Crippen LogP contribution < -0.4 is 10.2 Å². The third-order valence-electron chi connectivity index (χ3n) is 7.03. The van der Waals surface area contributed by atoms with E-state index in [2.05, 4.69) is 20.2 Å². The van der Waals surface area contributed by atoms with Crippen LogP contribution >= 0.6 is 11.6 Å². The molecule has 3 heterocycles. The first-order valence-corrected chi connectivity index (χ1v) is 12.8. The molecule has 2 aliphatic heterocycles. The van der Waals surface area contributed by atoms with Crippen LogP contribution in [0.25, 0.3) is 0 Å². The fraction of sp³-hybridized carbons (Fsp3) is 0.560. The number of rotatable bonds is 6. The van der Waals surface area contributed by atoms with Crippen LogP contribution in [0.5, 0.6) is 0 Å². The van der Waals surface area contributed by atoms with E-state index in [0.717, 1.165) is 25.2 Å². The number of hydrogen-bond acceptors (Lipinski definition) is 7. The minimum Gasteiger partial charge on any atom is -0.452 e. The van der Waals surface area contributed by atoms with Crippen molar-refractivity contribution in [3.05, 3.63) is 51.9 Å². The molecule has 0 bridgehead atoms. The fourth-order valence-corrected chi connectivity index (χ4v) is 5.01. The van der Waals surface area contributed by atoms with E-state index in [0.29, 0.717) is 23.4 Å². The van der Waals surface area contributed by atoms with Crippen molar-refractivity contribution in [3.63, 3.8) is 0 Å². The van der Waals surface area contributed by atoms with Gasteiger partial charge in [-0.05, 0) is 57.5 Å². The van der Waals surface area contributed by atoms with Crippen LogP contribution in [0.1, 0.15) is 35.5 Å². The minimum atomic E-state index is -5.20. The van der Waals surface area contributed by atoms with Crippen LogP contribution in [0.4, 0.5) is 32.2 Å². The first-order chi connectivity index (χ1) is 18.2. The highest BCUT2D eigenvalue weighted by Crippen LogP contribution is 2.32. The number of nitrogens with zero attached hydrogens (tertiary/aromatic N) is 4. The average Bonchev–Trinajstić information content (AvgIpc) is 3.24. The molecule has 2 saturated heterocycles. The largest absolute Gasteiger partial charge is 0.490 e. The van der Waals surface area contributed by atoms with E-state index in [-0.39, 0.29) is 30.6 Å². The van der Waals surface area contributed by atoms with Crippen molar-refractivity contribution in [2.75, 3.05) is 31.1 Å². The second-order valence-electron chi connectivity index (χ2n) is 9.88. The summed E-state index contributed by atoms with van der Waals surface area (Å²) in [6.07, 6.45) is -9.86. The quantitative estimate of drug-likeness (QED) is 0.394. The first-order valence-electron chi connectivity index (χ1n) is 12.4. The van der Waals surface area contributed by atoms with E-state index in [1.165, 1.54) is 11.8 Å². The summed E-state index contributed by atoms with van der Waals surface area (Å²) < 4.78 is 83.8. The molecule has 0 spiro atoms. The highest BCUT2D eigenvalue weighted by Gasteiger charge is 2.46. The number of aryl methyl sites for hydroxylation is 1. The zero-order valence-electron chi connectivity index (χ0n) is 21.2. The fourth-order valence-electron chi connectivity index (χ4n) is 4.89. The smallest absolute Gasteiger partial charge is 0.452 e. The molecule has 2 aromatic rings. The van der Waals surface area contributed by atoms with E-state index in [9.17, 15) is 31.1 Å². The number of likely N-dealkylation sites (tertiary alicyclic amines) is 1. The number of aromatic nitrogens is 2. The number of alkyl halides is 6. The van der Waals surface area contributed by atoms with Crippen LogP contribution in [0, 0.1) is 13.8 Å². The molecule has 0 saturated carbocycles. The molecule has 1 aromatic heterocycles. The van der Waals surface area contributed by atoms with Crippen LogP contribution in [-0.4, -0.2) is 71.4 Å². The van der Waals surface area contributed by atoms with Crippen LogP contribution in [-0.2, 0) is 22.3 Å². The third-order valence-corrected chi connectivity index (χ3v) is 7.28. The molecular weight excluding hydrogens is 552 g/mol. The molecule has 1 N–H and O–H groups in total. The second-order valence-corrected chi connectivity index (χ2v) is 10.3. The molecule has 2 fully saturated rings. The van der Waals surface area contributed by atoms with Gasteiger partial charge in [-0.15, -0.1) is 0 Å². The van der Waals surface area contributed by atoms with Gasteiger partial charge >= 0.3 is 18.3 Å². The molecule has 0 amide bonds. The predicted molar refractivity (Wildman–Crippen MR) is 131 cm³/mol. The summed E-state index contributed by atoms with van der Waals surface area (Å²) in [5.41, 5.74) is 1.56. The Hall–Kier alpha value is -2.64. The number of benzene rings is 1. The van der Waals surface area contributed by atoms with Gasteiger partial charge in [0, 0.05) is 35.4 Å². The van der Waals surface area contributed by atoms with Crippen molar-refractivity contribution >= 4 is 23.4 Å². The van der Waals surface area contributed by atoms with Crippen molar-refractivity contribution < 1.29 is 35.9 Å². The second kappa shape index (κ2) is 11.5. The lowest BCUT2D eigenvalue weighted by molar-refractivity contribution is -0.204. The molecule has 0 radical (unpaired) electrons. The Kier molecular flexibility index (Phi) is 8.62. The predicted octanol–water partition coefficient (Wildman–Crippen LogP) is 4.68. The Morgan fingerprint density at radius 2 is 1.69 bits per heavy atom. The highest BCUT2D eigenvalue weighted by atomic mass is 35.5. The Labute approximate surface area is 226 Å². The Morgan fingerprint density at radius 3 is 2.28 bits per heavy atom. The van der Waals surface area contributed by atoms with Crippen LogP contribution in [0.3, 0.4) is 0 Å². The lowest BCUT2D eigenvalue weighted by Crippen LogP contribution is -2.51. The van der Waals surface area contributed by atoms with Crippen LogP contribution in [0.15, 0.2) is 24.3 Å². The minimum absolute atomic E-state index is 0.00931. The van der Waals surface area contributed by atoms with Crippen molar-refractivity contribution in [1.29, 1.82) is 0 Å². The summed E-state index contributed by atoms with van der Waals surface area (Å²) in [6.45, 7) is 4.88. The van der Waals surface area contributed by atoms with Gasteiger partial charge < -0.3 is 15.0 Å². The van der Waals surface area contributed by atoms with Crippen molar-refractivity contribution in [3.8, 4) is 0 Å². The molecule has 0 unspecified atom stereocenters. The van der Waals surface area contributed by atoms with Crippen molar-refractivity contribution in [1.82, 2.24) is 20.2 Å². The summed E-state index contributed by atoms with van der Waals surface area (Å²) in [5, 5.41) is 3.95. The van der Waals surface area contributed by atoms with Gasteiger partial charge in [-0.25, -0.2) is 14.8 Å². The Balaban J connectivity index is 1.46. The summed E-state index contributed by atoms with van der Waals surface area (Å²) in [5.74, 6) is -3.73. The Morgan fingerprint density at radius 1 is 1.05 bits per heavy atom. The number of anilines is 1. The molecule has 2 aliphatic rings. The highest BCUT2D eigenvalue weighted by molar-refractivity contribution is 6.30. The molecule has 4 rings (SSSR count). The van der Waals surface area contributed by atoms with Gasteiger partial charge in [-0.3, -0.25) is 4.90 Å². The molecule has 14 heteroatoms. The van der Waals surface area contributed by atoms with E-state index in [1.807, 2.05) is 24.3 Å². The van der Waals surface area contributed by atoms with Gasteiger partial charge in [0.2, 0.25) is 5.82 Å². The first kappa shape index (κ1) is 29.3. The summed E-state index contributed by atoms with van der Waals surface area (Å²) in [7, 11) is 0. The van der Waals surface area contributed by atoms with E-state index >= 15 is 0 Å². The normalized spacial score (nSPS) is 21.4. The molecule has 39 heavy (non-hydrogen) atoms. The lowest BCUT2D eigenvalue weighted by atomic mass is 10.0. The maximum absolute atomic E-state index is 13.4. The monoisotopic (exact) mass is 579 g/mol. The average molecular weight is 580 g/mol. The number of piperidine rings is 1. The topological polar surface area (TPSA) is 70.6 Å². The Bertz CT molecular complexity index is 1170. The van der Waals surface area contributed by atoms with Gasteiger partial charge in [-0.2, -0.15) is 26.3 Å². The number of ether oxygens (including phenoxy) is 1. The van der Waals surface area contributed by atoms with E-state index in [1.54, 1.807) is 6.92 Å². The number of esters is 1. The van der Waals surface area contributed by atoms with Gasteiger partial charge in [0.05, 0.1) is 12.6 Å². The van der Waals surface area contributed by atoms with Crippen molar-refractivity contribution in [2.45, 2.75) is 63.8 Å². The standard InChI is InChI=1S/C25H28ClF6N5O2/c1-14-15(2)33-22(24(27,28)29)35-21(14)37-12-19(20(13-37)39-23(38)25(30,31)32)34-18-7-9-36(10-8-18)11-16-3-5-17(26)6-4-16/h3-6,18-20,34H,7-13H2,1-2H3/t19-,20-/m0/s1. The summed E-state index contributed by atoms with van der Waals surface area (Å²) in [6, 6.07) is 6.70. The lowest BCUT2D eigenvalue weighted by Gasteiger charge is -2.34. The maximum Gasteiger partial charge on any atom is 0.490 e. The molecule has 1 aromatic carbocycles. The number of nitrogens with one attached hydrogen (secondary N) is 1. The zero-order valence-corrected chi connectivity index (χ0v) is 22.0. The molecule has 214 valence electrons. The number of carbonyl (C=O) groups is 1.